The van der Waals surface area contributed by atoms with Crippen LogP contribution in [-0.4, -0.2) is 53.6 Å². The highest BCUT2D eigenvalue weighted by atomic mass is 32.2. The molecular weight excluding hydrogens is 304 g/mol. The van der Waals surface area contributed by atoms with Crippen LogP contribution < -0.4 is 14.8 Å². The Morgan fingerprint density at radius 2 is 1.73 bits per heavy atom. The van der Waals surface area contributed by atoms with Gasteiger partial charge in [-0.15, -0.1) is 0 Å². The first kappa shape index (κ1) is 17.1. The largest absolute Gasteiger partial charge is 0.495 e. The molecule has 6 nitrogen and oxygen atoms in total. The van der Waals surface area contributed by atoms with E-state index in [0.717, 1.165) is 19.4 Å². The lowest BCUT2D eigenvalue weighted by Gasteiger charge is -2.31. The zero-order valence-corrected chi connectivity index (χ0v) is 14.1. The first-order valence-electron chi connectivity index (χ1n) is 7.40. The molecule has 0 saturated carbocycles. The van der Waals surface area contributed by atoms with Gasteiger partial charge in [-0.05, 0) is 44.5 Å². The fourth-order valence-corrected chi connectivity index (χ4v) is 4.60. The molecular formula is C15H24N2O4S. The number of nitrogens with one attached hydrogen (secondary N) is 1. The van der Waals surface area contributed by atoms with Crippen LogP contribution in [0.5, 0.6) is 11.5 Å². The Morgan fingerprint density at radius 1 is 1.18 bits per heavy atom. The fraction of sp³-hybridized carbons (Fsp3) is 0.600. The van der Waals surface area contributed by atoms with Crippen molar-refractivity contribution in [1.29, 1.82) is 0 Å². The van der Waals surface area contributed by atoms with Crippen molar-refractivity contribution < 1.29 is 17.9 Å². The van der Waals surface area contributed by atoms with Gasteiger partial charge in [-0.1, -0.05) is 6.07 Å². The molecule has 0 unspecified atom stereocenters. The number of methoxy groups -OCH3 is 2. The second-order valence-electron chi connectivity index (χ2n) is 5.40. The third-order valence-corrected chi connectivity index (χ3v) is 6.01. The molecule has 0 bridgehead atoms. The molecule has 1 aliphatic heterocycles. The van der Waals surface area contributed by atoms with E-state index in [9.17, 15) is 8.42 Å². The molecule has 1 aromatic rings. The van der Waals surface area contributed by atoms with Gasteiger partial charge in [0.05, 0.1) is 14.2 Å². The molecule has 1 N–H and O–H groups in total. The van der Waals surface area contributed by atoms with E-state index in [2.05, 4.69) is 5.32 Å². The molecule has 1 aliphatic rings. The minimum atomic E-state index is -3.62. The Hall–Kier alpha value is -1.31. The van der Waals surface area contributed by atoms with E-state index in [1.54, 1.807) is 18.2 Å². The number of piperidine rings is 1. The summed E-state index contributed by atoms with van der Waals surface area (Å²) in [5.41, 5.74) is 0. The zero-order chi connectivity index (χ0) is 16.2. The van der Waals surface area contributed by atoms with Crippen LogP contribution in [-0.2, 0) is 10.0 Å². The van der Waals surface area contributed by atoms with Gasteiger partial charge in [0.2, 0.25) is 10.0 Å². The first-order valence-corrected chi connectivity index (χ1v) is 8.84. The van der Waals surface area contributed by atoms with Crippen molar-refractivity contribution in [3.63, 3.8) is 0 Å². The van der Waals surface area contributed by atoms with Crippen LogP contribution in [0, 0.1) is 5.92 Å². The van der Waals surface area contributed by atoms with Gasteiger partial charge < -0.3 is 14.8 Å². The SMILES string of the molecule is CNCC1CCN(S(=O)(=O)c2c(OC)cccc2OC)CC1. The van der Waals surface area contributed by atoms with Gasteiger partial charge in [0.15, 0.2) is 4.90 Å². The summed E-state index contributed by atoms with van der Waals surface area (Å²) < 4.78 is 37.9. The van der Waals surface area contributed by atoms with E-state index in [0.29, 0.717) is 30.5 Å². The molecule has 1 saturated heterocycles. The van der Waals surface area contributed by atoms with Crippen LogP contribution in [0.1, 0.15) is 12.8 Å². The minimum absolute atomic E-state index is 0.118. The topological polar surface area (TPSA) is 67.9 Å². The van der Waals surface area contributed by atoms with Gasteiger partial charge in [-0.3, -0.25) is 0 Å². The predicted octanol–water partition coefficient (Wildman–Crippen LogP) is 1.32. The van der Waals surface area contributed by atoms with Crippen molar-refractivity contribution in [2.75, 3.05) is 40.9 Å². The van der Waals surface area contributed by atoms with Gasteiger partial charge in [0.25, 0.3) is 0 Å². The van der Waals surface area contributed by atoms with E-state index in [1.165, 1.54) is 18.5 Å². The number of sulfonamides is 1. The summed E-state index contributed by atoms with van der Waals surface area (Å²) in [7, 11) is 1.23. The van der Waals surface area contributed by atoms with E-state index < -0.39 is 10.0 Å². The number of ether oxygens (including phenoxy) is 2. The van der Waals surface area contributed by atoms with E-state index in [4.69, 9.17) is 9.47 Å². The lowest BCUT2D eigenvalue weighted by atomic mass is 9.98. The monoisotopic (exact) mass is 328 g/mol. The maximum absolute atomic E-state index is 13.0. The average molecular weight is 328 g/mol. The highest BCUT2D eigenvalue weighted by Gasteiger charge is 2.33. The number of hydrogen-bond acceptors (Lipinski definition) is 5. The van der Waals surface area contributed by atoms with E-state index in [-0.39, 0.29) is 4.90 Å². The Kier molecular flexibility index (Phi) is 5.66. The van der Waals surface area contributed by atoms with E-state index >= 15 is 0 Å². The van der Waals surface area contributed by atoms with Crippen molar-refractivity contribution in [2.24, 2.45) is 5.92 Å². The maximum Gasteiger partial charge on any atom is 0.250 e. The second kappa shape index (κ2) is 7.30. The molecule has 0 spiro atoms. The first-order chi connectivity index (χ1) is 10.5. The Morgan fingerprint density at radius 3 is 2.18 bits per heavy atom. The van der Waals surface area contributed by atoms with Crippen LogP contribution in [0.2, 0.25) is 0 Å². The quantitative estimate of drug-likeness (QED) is 0.853. The average Bonchev–Trinajstić information content (AvgIpc) is 2.54. The molecule has 22 heavy (non-hydrogen) atoms. The smallest absolute Gasteiger partial charge is 0.250 e. The zero-order valence-electron chi connectivity index (χ0n) is 13.3. The van der Waals surface area contributed by atoms with Crippen LogP contribution in [0.3, 0.4) is 0 Å². The lowest BCUT2D eigenvalue weighted by molar-refractivity contribution is 0.268. The summed E-state index contributed by atoms with van der Waals surface area (Å²) in [5, 5.41) is 3.15. The summed E-state index contributed by atoms with van der Waals surface area (Å²) in [4.78, 5) is 0.118. The Balaban J connectivity index is 2.28. The highest BCUT2D eigenvalue weighted by molar-refractivity contribution is 7.89. The van der Waals surface area contributed by atoms with Crippen molar-refractivity contribution in [3.8, 4) is 11.5 Å². The molecule has 0 atom stereocenters. The molecule has 124 valence electrons. The number of nitrogens with zero attached hydrogens (tertiary/aromatic N) is 1. The summed E-state index contributed by atoms with van der Waals surface area (Å²) in [6, 6.07) is 5.00. The molecule has 2 rings (SSSR count). The normalized spacial score (nSPS) is 17.4. The van der Waals surface area contributed by atoms with Gasteiger partial charge in [-0.2, -0.15) is 4.31 Å². The fourth-order valence-electron chi connectivity index (χ4n) is 2.84. The van der Waals surface area contributed by atoms with E-state index in [1.807, 2.05) is 7.05 Å². The molecule has 7 heteroatoms. The molecule has 0 amide bonds. The third kappa shape index (κ3) is 3.37. The highest BCUT2D eigenvalue weighted by Crippen LogP contribution is 2.36. The predicted molar refractivity (Wildman–Crippen MR) is 85.0 cm³/mol. The Labute approximate surface area is 132 Å². The lowest BCUT2D eigenvalue weighted by Crippen LogP contribution is -2.40. The molecule has 0 radical (unpaired) electrons. The van der Waals surface area contributed by atoms with Crippen LogP contribution in [0.25, 0.3) is 0 Å². The summed E-state index contributed by atoms with van der Waals surface area (Å²) >= 11 is 0. The number of benzene rings is 1. The van der Waals surface area contributed by atoms with Gasteiger partial charge >= 0.3 is 0 Å². The summed E-state index contributed by atoms with van der Waals surface area (Å²) in [5.74, 6) is 1.16. The number of hydrogen-bond donors (Lipinski definition) is 1. The minimum Gasteiger partial charge on any atom is -0.495 e. The van der Waals surface area contributed by atoms with Gasteiger partial charge in [-0.25, -0.2) is 8.42 Å². The molecule has 1 heterocycles. The third-order valence-electron chi connectivity index (χ3n) is 4.05. The number of rotatable bonds is 6. The van der Waals surface area contributed by atoms with Gasteiger partial charge in [0.1, 0.15) is 11.5 Å². The van der Waals surface area contributed by atoms with Crippen LogP contribution >= 0.6 is 0 Å². The second-order valence-corrected chi connectivity index (χ2v) is 7.27. The molecule has 1 fully saturated rings. The standard InChI is InChI=1S/C15H24N2O4S/c1-16-11-12-7-9-17(10-8-12)22(18,19)15-13(20-2)5-4-6-14(15)21-3/h4-6,12,16H,7-11H2,1-3H3. The molecule has 0 aliphatic carbocycles. The molecule has 0 aromatic heterocycles. The van der Waals surface area contributed by atoms with Crippen molar-refractivity contribution in [1.82, 2.24) is 9.62 Å². The summed E-state index contributed by atoms with van der Waals surface area (Å²) in [6.45, 7) is 1.97. The van der Waals surface area contributed by atoms with Crippen molar-refractivity contribution >= 4 is 10.0 Å². The van der Waals surface area contributed by atoms with Gasteiger partial charge in [0, 0.05) is 13.1 Å². The van der Waals surface area contributed by atoms with Crippen LogP contribution in [0.15, 0.2) is 23.1 Å². The summed E-state index contributed by atoms with van der Waals surface area (Å²) in [6.07, 6.45) is 1.72. The van der Waals surface area contributed by atoms with Crippen molar-refractivity contribution in [3.05, 3.63) is 18.2 Å². The maximum atomic E-state index is 13.0. The van der Waals surface area contributed by atoms with Crippen LogP contribution in [0.4, 0.5) is 0 Å². The van der Waals surface area contributed by atoms with Crippen molar-refractivity contribution in [2.45, 2.75) is 17.7 Å². The Bertz CT molecular complexity index is 573. The molecule has 1 aromatic carbocycles.